The minimum atomic E-state index is -0.119. The summed E-state index contributed by atoms with van der Waals surface area (Å²) in [6, 6.07) is 13.5. The van der Waals surface area contributed by atoms with E-state index in [1.165, 1.54) is 11.8 Å². The van der Waals surface area contributed by atoms with Gasteiger partial charge in [0, 0.05) is 0 Å². The molecule has 5 rings (SSSR count). The third-order valence-electron chi connectivity index (χ3n) is 4.95. The van der Waals surface area contributed by atoms with Gasteiger partial charge in [0.1, 0.15) is 0 Å². The summed E-state index contributed by atoms with van der Waals surface area (Å²) in [6.45, 7) is 5.76. The SMILES string of the molecule is Cc1noc(CSc2nnc3n(-c4c(C)cccc4C)c(=O)c4ccccc4n23)n1. The number of fused-ring (bicyclic) bond motifs is 3. The molecular formula is C21H18N6O2S. The number of thioether (sulfide) groups is 1. The number of hydrogen-bond acceptors (Lipinski definition) is 7. The maximum atomic E-state index is 13.5. The van der Waals surface area contributed by atoms with Gasteiger partial charge in [0.25, 0.3) is 5.56 Å². The van der Waals surface area contributed by atoms with E-state index in [2.05, 4.69) is 20.3 Å². The van der Waals surface area contributed by atoms with Crippen LogP contribution in [-0.2, 0) is 5.75 Å². The van der Waals surface area contributed by atoms with E-state index < -0.39 is 0 Å². The zero-order valence-corrected chi connectivity index (χ0v) is 17.5. The minimum absolute atomic E-state index is 0.119. The lowest BCUT2D eigenvalue weighted by Crippen LogP contribution is -2.23. The Morgan fingerprint density at radius 1 is 1.00 bits per heavy atom. The average molecular weight is 418 g/mol. The Bertz CT molecular complexity index is 1450. The van der Waals surface area contributed by atoms with Gasteiger partial charge >= 0.3 is 0 Å². The molecule has 0 bridgehead atoms. The molecule has 3 heterocycles. The molecule has 0 N–H and O–H groups in total. The Morgan fingerprint density at radius 2 is 1.77 bits per heavy atom. The molecule has 8 nitrogen and oxygen atoms in total. The van der Waals surface area contributed by atoms with Crippen LogP contribution in [0.3, 0.4) is 0 Å². The van der Waals surface area contributed by atoms with E-state index in [0.29, 0.717) is 33.8 Å². The summed E-state index contributed by atoms with van der Waals surface area (Å²) >= 11 is 1.43. The minimum Gasteiger partial charge on any atom is -0.338 e. The van der Waals surface area contributed by atoms with Crippen molar-refractivity contribution in [3.05, 3.63) is 75.7 Å². The number of aryl methyl sites for hydroxylation is 3. The Labute approximate surface area is 175 Å². The largest absolute Gasteiger partial charge is 0.338 e. The average Bonchev–Trinajstić information content (AvgIpc) is 3.34. The normalized spacial score (nSPS) is 11.6. The molecule has 0 unspecified atom stereocenters. The van der Waals surface area contributed by atoms with E-state index >= 15 is 0 Å². The summed E-state index contributed by atoms with van der Waals surface area (Å²) in [4.78, 5) is 17.7. The quantitative estimate of drug-likeness (QED) is 0.412. The van der Waals surface area contributed by atoms with Crippen LogP contribution in [0.1, 0.15) is 22.8 Å². The molecule has 150 valence electrons. The van der Waals surface area contributed by atoms with Crippen molar-refractivity contribution < 1.29 is 4.52 Å². The number of rotatable bonds is 4. The lowest BCUT2D eigenvalue weighted by molar-refractivity contribution is 0.387. The fraction of sp³-hybridized carbons (Fsp3) is 0.190. The fourth-order valence-electron chi connectivity index (χ4n) is 3.66. The van der Waals surface area contributed by atoms with Crippen LogP contribution in [0.2, 0.25) is 0 Å². The summed E-state index contributed by atoms with van der Waals surface area (Å²) in [5, 5.41) is 13.9. The Morgan fingerprint density at radius 3 is 2.50 bits per heavy atom. The molecule has 30 heavy (non-hydrogen) atoms. The predicted octanol–water partition coefficient (Wildman–Crippen LogP) is 3.63. The molecule has 0 spiro atoms. The van der Waals surface area contributed by atoms with Gasteiger partial charge in [-0.3, -0.25) is 9.20 Å². The van der Waals surface area contributed by atoms with E-state index in [-0.39, 0.29) is 5.56 Å². The highest BCUT2D eigenvalue weighted by Gasteiger charge is 2.20. The van der Waals surface area contributed by atoms with Crippen LogP contribution in [0, 0.1) is 20.8 Å². The number of aromatic nitrogens is 6. The van der Waals surface area contributed by atoms with E-state index in [1.54, 1.807) is 11.5 Å². The van der Waals surface area contributed by atoms with Gasteiger partial charge in [-0.2, -0.15) is 4.98 Å². The standard InChI is InChI=1S/C21H18N6O2S/c1-12-7-6-8-13(2)18(12)27-19(28)15-9-4-5-10-16(15)26-20(27)23-24-21(26)30-11-17-22-14(3)25-29-17/h4-10H,11H2,1-3H3. The maximum absolute atomic E-state index is 13.5. The highest BCUT2D eigenvalue weighted by atomic mass is 32.2. The van der Waals surface area contributed by atoms with Crippen LogP contribution in [0.4, 0.5) is 0 Å². The lowest BCUT2D eigenvalue weighted by atomic mass is 10.1. The van der Waals surface area contributed by atoms with Crippen LogP contribution in [0.25, 0.3) is 22.4 Å². The highest BCUT2D eigenvalue weighted by molar-refractivity contribution is 7.98. The first kappa shape index (κ1) is 18.6. The predicted molar refractivity (Wildman–Crippen MR) is 114 cm³/mol. The highest BCUT2D eigenvalue weighted by Crippen LogP contribution is 2.27. The zero-order chi connectivity index (χ0) is 20.8. The molecule has 3 aromatic heterocycles. The van der Waals surface area contributed by atoms with Crippen molar-refractivity contribution in [2.75, 3.05) is 0 Å². The van der Waals surface area contributed by atoms with Gasteiger partial charge < -0.3 is 4.52 Å². The topological polar surface area (TPSA) is 91.1 Å². The van der Waals surface area contributed by atoms with E-state index in [9.17, 15) is 4.79 Å². The van der Waals surface area contributed by atoms with Crippen molar-refractivity contribution in [2.45, 2.75) is 31.7 Å². The lowest BCUT2D eigenvalue weighted by Gasteiger charge is -2.15. The van der Waals surface area contributed by atoms with Crippen molar-refractivity contribution in [1.82, 2.24) is 29.3 Å². The molecule has 0 atom stereocenters. The van der Waals surface area contributed by atoms with E-state index in [4.69, 9.17) is 4.52 Å². The molecular weight excluding hydrogens is 400 g/mol. The Kier molecular flexibility index (Phi) is 4.39. The zero-order valence-electron chi connectivity index (χ0n) is 16.7. The van der Waals surface area contributed by atoms with Crippen molar-refractivity contribution in [2.24, 2.45) is 0 Å². The van der Waals surface area contributed by atoms with Gasteiger partial charge in [0.2, 0.25) is 11.7 Å². The molecule has 0 saturated heterocycles. The van der Waals surface area contributed by atoms with Crippen molar-refractivity contribution >= 4 is 28.4 Å². The summed E-state index contributed by atoms with van der Waals surface area (Å²) < 4.78 is 8.78. The second kappa shape index (κ2) is 7.10. The molecule has 0 radical (unpaired) electrons. The van der Waals surface area contributed by atoms with Gasteiger partial charge in [0.05, 0.1) is 22.3 Å². The molecule has 0 aliphatic carbocycles. The molecule has 0 fully saturated rings. The molecule has 0 aliphatic heterocycles. The first-order valence-corrected chi connectivity index (χ1v) is 10.4. The smallest absolute Gasteiger partial charge is 0.267 e. The number of para-hydroxylation sites is 2. The van der Waals surface area contributed by atoms with E-state index in [0.717, 1.165) is 22.3 Å². The Hall–Kier alpha value is -3.46. The molecule has 0 amide bonds. The van der Waals surface area contributed by atoms with Crippen LogP contribution < -0.4 is 5.56 Å². The van der Waals surface area contributed by atoms with Gasteiger partial charge in [0.15, 0.2) is 11.0 Å². The van der Waals surface area contributed by atoms with Crippen LogP contribution in [0.5, 0.6) is 0 Å². The van der Waals surface area contributed by atoms with Crippen LogP contribution in [0.15, 0.2) is 56.9 Å². The molecule has 2 aromatic carbocycles. The Balaban J connectivity index is 1.78. The van der Waals surface area contributed by atoms with Crippen LogP contribution in [-0.4, -0.2) is 29.3 Å². The van der Waals surface area contributed by atoms with Crippen LogP contribution >= 0.6 is 11.8 Å². The molecule has 0 saturated carbocycles. The number of benzene rings is 2. The first-order chi connectivity index (χ1) is 14.5. The molecule has 9 heteroatoms. The maximum Gasteiger partial charge on any atom is 0.267 e. The summed E-state index contributed by atoms with van der Waals surface area (Å²) in [5.41, 5.74) is 3.46. The molecule has 5 aromatic rings. The monoisotopic (exact) mass is 418 g/mol. The van der Waals surface area contributed by atoms with Gasteiger partial charge in [-0.05, 0) is 44.0 Å². The van der Waals surface area contributed by atoms with Crippen molar-refractivity contribution in [3.63, 3.8) is 0 Å². The second-order valence-electron chi connectivity index (χ2n) is 7.04. The summed E-state index contributed by atoms with van der Waals surface area (Å²) in [5.74, 6) is 2.03. The number of hydrogen-bond donors (Lipinski definition) is 0. The van der Waals surface area contributed by atoms with Gasteiger partial charge in [-0.1, -0.05) is 47.3 Å². The van der Waals surface area contributed by atoms with Gasteiger partial charge in [-0.25, -0.2) is 4.57 Å². The van der Waals surface area contributed by atoms with Crippen molar-refractivity contribution in [1.29, 1.82) is 0 Å². The molecule has 0 aliphatic rings. The first-order valence-electron chi connectivity index (χ1n) is 9.42. The summed E-state index contributed by atoms with van der Waals surface area (Å²) in [6.07, 6.45) is 0. The third kappa shape index (κ3) is 2.89. The van der Waals surface area contributed by atoms with Crippen molar-refractivity contribution in [3.8, 4) is 5.69 Å². The number of nitrogens with zero attached hydrogens (tertiary/aromatic N) is 6. The third-order valence-corrected chi connectivity index (χ3v) is 5.87. The fourth-order valence-corrected chi connectivity index (χ4v) is 4.43. The van der Waals surface area contributed by atoms with E-state index in [1.807, 2.05) is 60.7 Å². The van der Waals surface area contributed by atoms with Gasteiger partial charge in [-0.15, -0.1) is 10.2 Å². The second-order valence-corrected chi connectivity index (χ2v) is 7.98. The summed E-state index contributed by atoms with van der Waals surface area (Å²) in [7, 11) is 0.